The molecule has 108 valence electrons. The van der Waals surface area contributed by atoms with Gasteiger partial charge in [0.15, 0.2) is 5.78 Å². The van der Waals surface area contributed by atoms with Crippen LogP contribution in [0.5, 0.6) is 0 Å². The van der Waals surface area contributed by atoms with Crippen molar-refractivity contribution in [3.05, 3.63) is 81.9 Å². The van der Waals surface area contributed by atoms with E-state index >= 15 is 0 Å². The largest absolute Gasteiger partial charge is 0.392 e. The first kappa shape index (κ1) is 15.5. The second-order valence-electron chi connectivity index (χ2n) is 4.78. The van der Waals surface area contributed by atoms with Gasteiger partial charge in [-0.2, -0.15) is 0 Å². The molecule has 0 aliphatic carbocycles. The molecule has 0 radical (unpaired) electrons. The van der Waals surface area contributed by atoms with Crippen LogP contribution < -0.4 is 0 Å². The SMILES string of the molecule is Cc1c(CC=CCO)cccc1C(=O)c1ccc(Cl)cc1. The smallest absolute Gasteiger partial charge is 0.193 e. The highest BCUT2D eigenvalue weighted by Crippen LogP contribution is 2.19. The molecule has 0 aliphatic heterocycles. The number of benzene rings is 2. The minimum absolute atomic E-state index is 0.00263. The molecule has 0 fully saturated rings. The number of hydrogen-bond donors (Lipinski definition) is 1. The summed E-state index contributed by atoms with van der Waals surface area (Å²) in [6.45, 7) is 1.98. The molecule has 0 heterocycles. The monoisotopic (exact) mass is 300 g/mol. The Hall–Kier alpha value is -1.90. The van der Waals surface area contributed by atoms with Gasteiger partial charge in [-0.3, -0.25) is 4.79 Å². The minimum atomic E-state index is -0.00263. The van der Waals surface area contributed by atoms with Gasteiger partial charge >= 0.3 is 0 Å². The molecule has 2 aromatic rings. The highest BCUT2D eigenvalue weighted by Gasteiger charge is 2.13. The molecule has 0 amide bonds. The molecule has 3 heteroatoms. The van der Waals surface area contributed by atoms with Crippen molar-refractivity contribution in [1.29, 1.82) is 0 Å². The summed E-state index contributed by atoms with van der Waals surface area (Å²) in [6.07, 6.45) is 4.31. The van der Waals surface area contributed by atoms with Crippen molar-refractivity contribution in [2.24, 2.45) is 0 Å². The van der Waals surface area contributed by atoms with E-state index in [1.807, 2.05) is 31.2 Å². The van der Waals surface area contributed by atoms with Crippen molar-refractivity contribution in [3.8, 4) is 0 Å². The van der Waals surface area contributed by atoms with Crippen molar-refractivity contribution in [2.75, 3.05) is 6.61 Å². The van der Waals surface area contributed by atoms with E-state index < -0.39 is 0 Å². The lowest BCUT2D eigenvalue weighted by Gasteiger charge is -2.09. The number of ketones is 1. The van der Waals surface area contributed by atoms with Gasteiger partial charge in [-0.25, -0.2) is 0 Å². The van der Waals surface area contributed by atoms with E-state index in [1.165, 1.54) is 0 Å². The predicted molar refractivity (Wildman–Crippen MR) is 86.0 cm³/mol. The third kappa shape index (κ3) is 3.81. The van der Waals surface area contributed by atoms with Crippen LogP contribution in [0.15, 0.2) is 54.6 Å². The maximum absolute atomic E-state index is 12.6. The van der Waals surface area contributed by atoms with Crippen LogP contribution in [-0.2, 0) is 6.42 Å². The Morgan fingerprint density at radius 2 is 1.86 bits per heavy atom. The van der Waals surface area contributed by atoms with Crippen LogP contribution in [0.4, 0.5) is 0 Å². The third-order valence-electron chi connectivity index (χ3n) is 3.41. The number of aliphatic hydroxyl groups excluding tert-OH is 1. The van der Waals surface area contributed by atoms with E-state index in [-0.39, 0.29) is 12.4 Å². The lowest BCUT2D eigenvalue weighted by Crippen LogP contribution is -2.05. The molecule has 0 aliphatic rings. The molecule has 0 atom stereocenters. The van der Waals surface area contributed by atoms with E-state index in [0.29, 0.717) is 22.6 Å². The molecular formula is C18H17ClO2. The van der Waals surface area contributed by atoms with E-state index in [0.717, 1.165) is 11.1 Å². The summed E-state index contributed by atoms with van der Waals surface area (Å²) in [5.41, 5.74) is 3.39. The van der Waals surface area contributed by atoms with Crippen LogP contribution >= 0.6 is 11.6 Å². The predicted octanol–water partition coefficient (Wildman–Crippen LogP) is 3.97. The highest BCUT2D eigenvalue weighted by molar-refractivity contribution is 6.30. The van der Waals surface area contributed by atoms with Crippen molar-refractivity contribution >= 4 is 17.4 Å². The van der Waals surface area contributed by atoms with Gasteiger partial charge in [-0.15, -0.1) is 0 Å². The fourth-order valence-corrected chi connectivity index (χ4v) is 2.32. The Bertz CT molecular complexity index is 657. The molecule has 1 N–H and O–H groups in total. The Balaban J connectivity index is 2.31. The highest BCUT2D eigenvalue weighted by atomic mass is 35.5. The number of carbonyl (C=O) groups excluding carboxylic acids is 1. The number of carbonyl (C=O) groups is 1. The zero-order valence-electron chi connectivity index (χ0n) is 11.8. The van der Waals surface area contributed by atoms with Crippen LogP contribution in [0, 0.1) is 6.92 Å². The molecule has 0 unspecified atom stereocenters. The quantitative estimate of drug-likeness (QED) is 0.670. The van der Waals surface area contributed by atoms with Crippen LogP contribution in [-0.4, -0.2) is 17.5 Å². The van der Waals surface area contributed by atoms with E-state index in [1.54, 1.807) is 30.3 Å². The molecule has 2 nitrogen and oxygen atoms in total. The van der Waals surface area contributed by atoms with E-state index in [9.17, 15) is 4.79 Å². The van der Waals surface area contributed by atoms with Crippen molar-refractivity contribution in [2.45, 2.75) is 13.3 Å². The normalized spacial score (nSPS) is 11.0. The molecule has 0 aromatic heterocycles. The molecule has 0 saturated heterocycles. The molecule has 2 aromatic carbocycles. The van der Waals surface area contributed by atoms with Gasteiger partial charge in [-0.1, -0.05) is 42.0 Å². The van der Waals surface area contributed by atoms with Gasteiger partial charge in [0.2, 0.25) is 0 Å². The topological polar surface area (TPSA) is 37.3 Å². The van der Waals surface area contributed by atoms with Crippen LogP contribution in [0.3, 0.4) is 0 Å². The maximum atomic E-state index is 12.6. The van der Waals surface area contributed by atoms with Crippen molar-refractivity contribution < 1.29 is 9.90 Å². The first-order valence-electron chi connectivity index (χ1n) is 6.78. The molecule has 2 rings (SSSR count). The third-order valence-corrected chi connectivity index (χ3v) is 3.66. The summed E-state index contributed by atoms with van der Waals surface area (Å²) in [6, 6.07) is 12.6. The fraction of sp³-hybridized carbons (Fsp3) is 0.167. The number of hydrogen-bond acceptors (Lipinski definition) is 2. The zero-order chi connectivity index (χ0) is 15.2. The molecular weight excluding hydrogens is 284 g/mol. The van der Waals surface area contributed by atoms with Crippen molar-refractivity contribution in [3.63, 3.8) is 0 Å². The van der Waals surface area contributed by atoms with Gasteiger partial charge in [0.05, 0.1) is 6.61 Å². The molecule has 0 spiro atoms. The summed E-state index contributed by atoms with van der Waals surface area (Å²) < 4.78 is 0. The summed E-state index contributed by atoms with van der Waals surface area (Å²) in [4.78, 5) is 12.6. The fourth-order valence-electron chi connectivity index (χ4n) is 2.19. The van der Waals surface area contributed by atoms with E-state index in [4.69, 9.17) is 16.7 Å². The molecule has 21 heavy (non-hydrogen) atoms. The van der Waals surface area contributed by atoms with Gasteiger partial charge < -0.3 is 5.11 Å². The number of aliphatic hydroxyl groups is 1. The molecule has 0 saturated carbocycles. The van der Waals surface area contributed by atoms with Crippen LogP contribution in [0.2, 0.25) is 5.02 Å². The van der Waals surface area contributed by atoms with Gasteiger partial charge in [0.25, 0.3) is 0 Å². The number of halogens is 1. The maximum Gasteiger partial charge on any atom is 0.193 e. The van der Waals surface area contributed by atoms with Gasteiger partial charge in [0, 0.05) is 16.1 Å². The second-order valence-corrected chi connectivity index (χ2v) is 5.22. The Morgan fingerprint density at radius 1 is 1.14 bits per heavy atom. The van der Waals surface area contributed by atoms with E-state index in [2.05, 4.69) is 0 Å². The zero-order valence-corrected chi connectivity index (χ0v) is 12.6. The average Bonchev–Trinajstić information content (AvgIpc) is 2.49. The van der Waals surface area contributed by atoms with Crippen LogP contribution in [0.1, 0.15) is 27.0 Å². The Morgan fingerprint density at radius 3 is 2.52 bits per heavy atom. The number of rotatable bonds is 5. The Labute approximate surface area is 129 Å². The summed E-state index contributed by atoms with van der Waals surface area (Å²) in [5, 5.41) is 9.39. The summed E-state index contributed by atoms with van der Waals surface area (Å²) in [5.74, 6) is -0.00263. The summed E-state index contributed by atoms with van der Waals surface area (Å²) in [7, 11) is 0. The minimum Gasteiger partial charge on any atom is -0.392 e. The molecule has 0 bridgehead atoms. The van der Waals surface area contributed by atoms with Crippen LogP contribution in [0.25, 0.3) is 0 Å². The second kappa shape index (κ2) is 7.21. The number of allylic oxidation sites excluding steroid dienone is 1. The van der Waals surface area contributed by atoms with Crippen molar-refractivity contribution in [1.82, 2.24) is 0 Å². The van der Waals surface area contributed by atoms with Gasteiger partial charge in [0.1, 0.15) is 0 Å². The average molecular weight is 301 g/mol. The summed E-state index contributed by atoms with van der Waals surface area (Å²) >= 11 is 5.85. The first-order chi connectivity index (χ1) is 10.1. The lowest BCUT2D eigenvalue weighted by molar-refractivity contribution is 0.103. The first-order valence-corrected chi connectivity index (χ1v) is 7.16. The van der Waals surface area contributed by atoms with Gasteiger partial charge in [-0.05, 0) is 48.7 Å². The standard InChI is InChI=1S/C18H17ClO2/c1-13-14(5-2-3-12-20)6-4-7-17(13)18(21)15-8-10-16(19)11-9-15/h2-4,6-11,20H,5,12H2,1H3. The lowest BCUT2D eigenvalue weighted by atomic mass is 9.94. The Kier molecular flexibility index (Phi) is 5.32.